The summed E-state index contributed by atoms with van der Waals surface area (Å²) < 4.78 is 17.8. The highest BCUT2D eigenvalue weighted by Gasteiger charge is 2.57. The molecule has 1 saturated heterocycles. The third-order valence-electron chi connectivity index (χ3n) is 7.59. The van der Waals surface area contributed by atoms with Crippen LogP contribution in [-0.4, -0.2) is 62.0 Å². The molecule has 174 valence electrons. The summed E-state index contributed by atoms with van der Waals surface area (Å²) in [7, 11) is 4.46. The zero-order valence-electron chi connectivity index (χ0n) is 19.8. The maximum atomic E-state index is 13.7. The molecule has 4 rings (SSSR count). The highest BCUT2D eigenvalue weighted by Crippen LogP contribution is 2.49. The number of methoxy groups -OCH3 is 3. The maximum absolute atomic E-state index is 13.7. The first-order valence-electron chi connectivity index (χ1n) is 11.5. The van der Waals surface area contributed by atoms with E-state index in [1.54, 1.807) is 11.7 Å². The zero-order valence-corrected chi connectivity index (χ0v) is 19.8. The van der Waals surface area contributed by atoms with Gasteiger partial charge in [-0.25, -0.2) is 9.36 Å². The predicted octanol–water partition coefficient (Wildman–Crippen LogP) is 4.13. The second kappa shape index (κ2) is 8.77. The number of nitrogens with zero attached hydrogens (tertiary/aromatic N) is 2. The zero-order chi connectivity index (χ0) is 23.0. The Bertz CT molecular complexity index is 1030. The van der Waals surface area contributed by atoms with E-state index < -0.39 is 11.5 Å². The molecule has 1 fully saturated rings. The number of aromatic nitrogens is 1. The van der Waals surface area contributed by atoms with Crippen molar-refractivity contribution in [3.63, 3.8) is 0 Å². The lowest BCUT2D eigenvalue weighted by Crippen LogP contribution is -2.60. The molecule has 0 spiro atoms. The van der Waals surface area contributed by atoms with Crippen LogP contribution < -0.4 is 4.74 Å². The molecule has 4 atom stereocenters. The summed E-state index contributed by atoms with van der Waals surface area (Å²) in [6.07, 6.45) is 4.21. The number of unbranched alkanes of at least 4 members (excludes halogenated alkanes) is 1. The molecule has 7 nitrogen and oxygen atoms in total. The number of rotatable bonds is 5. The van der Waals surface area contributed by atoms with Gasteiger partial charge < -0.3 is 14.2 Å². The van der Waals surface area contributed by atoms with Crippen molar-refractivity contribution in [1.82, 2.24) is 9.47 Å². The van der Waals surface area contributed by atoms with Crippen LogP contribution in [0.5, 0.6) is 5.75 Å². The summed E-state index contributed by atoms with van der Waals surface area (Å²) in [6.45, 7) is 6.08. The van der Waals surface area contributed by atoms with Crippen LogP contribution >= 0.6 is 0 Å². The summed E-state index contributed by atoms with van der Waals surface area (Å²) >= 11 is 0. The topological polar surface area (TPSA) is 70.0 Å². The molecule has 1 aromatic heterocycles. The fourth-order valence-corrected chi connectivity index (χ4v) is 6.01. The molecule has 0 saturated carbocycles. The van der Waals surface area contributed by atoms with Crippen LogP contribution in [0.25, 0.3) is 10.9 Å². The molecular weight excluding hydrogens is 408 g/mol. The minimum atomic E-state index is -0.947. The second-order valence-corrected chi connectivity index (χ2v) is 9.11. The van der Waals surface area contributed by atoms with Crippen LogP contribution in [-0.2, 0) is 26.1 Å². The third-order valence-corrected chi connectivity index (χ3v) is 7.59. The van der Waals surface area contributed by atoms with E-state index in [0.717, 1.165) is 66.7 Å². The van der Waals surface area contributed by atoms with Crippen LogP contribution in [0.1, 0.15) is 50.8 Å². The number of carbonyl (C=O) groups excluding carboxylic acids is 2. The number of benzene rings is 1. The predicted molar refractivity (Wildman–Crippen MR) is 122 cm³/mol. The largest absolute Gasteiger partial charge is 0.497 e. The van der Waals surface area contributed by atoms with Crippen molar-refractivity contribution in [1.29, 1.82) is 0 Å². The first-order valence-corrected chi connectivity index (χ1v) is 11.5. The lowest BCUT2D eigenvalue weighted by atomic mass is 9.66. The molecule has 3 unspecified atom stereocenters. The van der Waals surface area contributed by atoms with E-state index >= 15 is 0 Å². The summed E-state index contributed by atoms with van der Waals surface area (Å²) in [5.41, 5.74) is 1.54. The van der Waals surface area contributed by atoms with Crippen LogP contribution in [0.15, 0.2) is 18.2 Å². The fourth-order valence-electron chi connectivity index (χ4n) is 6.01. The molecule has 1 aromatic carbocycles. The van der Waals surface area contributed by atoms with Crippen LogP contribution in [0.3, 0.4) is 0 Å². The Labute approximate surface area is 189 Å². The SMILES string of the molecule is CCCC[C@@H]1CN2CCc3c(n(C(=O)OC)c4ccc(OC)cc34)C(C(=O)OC)(C1)C2C. The van der Waals surface area contributed by atoms with Gasteiger partial charge in [0.25, 0.3) is 0 Å². The van der Waals surface area contributed by atoms with Crippen molar-refractivity contribution < 1.29 is 23.8 Å². The van der Waals surface area contributed by atoms with Gasteiger partial charge in [0.15, 0.2) is 0 Å². The summed E-state index contributed by atoms with van der Waals surface area (Å²) in [4.78, 5) is 29.2. The van der Waals surface area contributed by atoms with Gasteiger partial charge in [-0.05, 0) is 55.9 Å². The number of hydrogen-bond acceptors (Lipinski definition) is 6. The average molecular weight is 443 g/mol. The quantitative estimate of drug-likeness (QED) is 0.649. The monoisotopic (exact) mass is 442 g/mol. The van der Waals surface area contributed by atoms with Gasteiger partial charge in [0.05, 0.1) is 32.5 Å². The number of fused-ring (bicyclic) bond motifs is 6. The fraction of sp³-hybridized carbons (Fsp3) is 0.600. The van der Waals surface area contributed by atoms with Gasteiger partial charge in [0.2, 0.25) is 0 Å². The summed E-state index contributed by atoms with van der Waals surface area (Å²) in [5.74, 6) is 0.796. The lowest BCUT2D eigenvalue weighted by Gasteiger charge is -2.48. The van der Waals surface area contributed by atoms with Crippen molar-refractivity contribution in [2.75, 3.05) is 34.4 Å². The maximum Gasteiger partial charge on any atom is 0.418 e. The van der Waals surface area contributed by atoms with E-state index in [-0.39, 0.29) is 12.0 Å². The van der Waals surface area contributed by atoms with Gasteiger partial charge in [-0.2, -0.15) is 0 Å². The number of hydrogen-bond donors (Lipinski definition) is 0. The van der Waals surface area contributed by atoms with Crippen LogP contribution in [0.4, 0.5) is 4.79 Å². The number of piperidine rings is 1. The number of carbonyl (C=O) groups is 2. The van der Waals surface area contributed by atoms with Gasteiger partial charge in [0, 0.05) is 24.5 Å². The van der Waals surface area contributed by atoms with E-state index in [1.807, 2.05) is 18.2 Å². The average Bonchev–Trinajstić information content (AvgIpc) is 3.12. The van der Waals surface area contributed by atoms with Crippen LogP contribution in [0.2, 0.25) is 0 Å². The Kier molecular flexibility index (Phi) is 6.21. The van der Waals surface area contributed by atoms with Crippen molar-refractivity contribution in [2.45, 2.75) is 57.4 Å². The van der Waals surface area contributed by atoms with Crippen molar-refractivity contribution in [3.8, 4) is 5.75 Å². The lowest BCUT2D eigenvalue weighted by molar-refractivity contribution is -0.154. The molecule has 3 heterocycles. The molecule has 0 N–H and O–H groups in total. The minimum Gasteiger partial charge on any atom is -0.497 e. The standard InChI is InChI=1S/C25H34N2O5/c1-6-7-8-17-14-25(23(28)31-4)16(2)26(15-17)12-11-19-20-13-18(30-3)9-10-21(20)27(22(19)25)24(29)32-5/h9-10,13,16-17H,6-8,11-12,14-15H2,1-5H3/t16?,17-,25?/m0/s1. The Balaban J connectivity index is 2.05. The van der Waals surface area contributed by atoms with Gasteiger partial charge >= 0.3 is 12.1 Å². The summed E-state index contributed by atoms with van der Waals surface area (Å²) in [6, 6.07) is 5.59. The number of esters is 1. The van der Waals surface area contributed by atoms with E-state index in [1.165, 1.54) is 14.2 Å². The van der Waals surface area contributed by atoms with Crippen LogP contribution in [0, 0.1) is 5.92 Å². The third kappa shape index (κ3) is 3.29. The van der Waals surface area contributed by atoms with E-state index in [9.17, 15) is 9.59 Å². The molecule has 2 aliphatic heterocycles. The van der Waals surface area contributed by atoms with Gasteiger partial charge in [0.1, 0.15) is 11.2 Å². The van der Waals surface area contributed by atoms with E-state index in [2.05, 4.69) is 18.7 Å². The van der Waals surface area contributed by atoms with Crippen molar-refractivity contribution in [3.05, 3.63) is 29.5 Å². The molecule has 0 amide bonds. The summed E-state index contributed by atoms with van der Waals surface area (Å²) in [5, 5.41) is 0.930. The highest BCUT2D eigenvalue weighted by molar-refractivity contribution is 5.98. The molecule has 2 aliphatic rings. The van der Waals surface area contributed by atoms with Gasteiger partial charge in [-0.3, -0.25) is 9.69 Å². The molecule has 2 aromatic rings. The number of ether oxygens (including phenoxy) is 3. The Morgan fingerprint density at radius 3 is 2.62 bits per heavy atom. The molecule has 7 heteroatoms. The van der Waals surface area contributed by atoms with E-state index in [4.69, 9.17) is 14.2 Å². The molecule has 2 bridgehead atoms. The molecule has 0 radical (unpaired) electrons. The molecular formula is C25H34N2O5. The molecule has 0 aliphatic carbocycles. The van der Waals surface area contributed by atoms with E-state index in [0.29, 0.717) is 12.3 Å². The Morgan fingerprint density at radius 1 is 1.19 bits per heavy atom. The Morgan fingerprint density at radius 2 is 1.97 bits per heavy atom. The van der Waals surface area contributed by atoms with Gasteiger partial charge in [-0.1, -0.05) is 19.8 Å². The highest BCUT2D eigenvalue weighted by atomic mass is 16.5. The van der Waals surface area contributed by atoms with Crippen molar-refractivity contribution >= 4 is 23.0 Å². The Hall–Kier alpha value is -2.54. The minimum absolute atomic E-state index is 0.0938. The first kappa shape index (κ1) is 22.6. The molecule has 32 heavy (non-hydrogen) atoms. The first-order chi connectivity index (χ1) is 15.4. The second-order valence-electron chi connectivity index (χ2n) is 9.11. The smallest absolute Gasteiger partial charge is 0.418 e. The van der Waals surface area contributed by atoms with Crippen molar-refractivity contribution in [2.24, 2.45) is 5.92 Å². The normalized spacial score (nSPS) is 26.8. The van der Waals surface area contributed by atoms with Gasteiger partial charge in [-0.15, -0.1) is 0 Å².